The van der Waals surface area contributed by atoms with E-state index in [0.717, 1.165) is 17.7 Å². The fraction of sp³-hybridized carbons (Fsp3) is 0.400. The lowest BCUT2D eigenvalue weighted by atomic mass is 10.1. The Hall–Kier alpha value is -1.02. The molecular formula is C10H14O2. The Morgan fingerprint density at radius 2 is 2.25 bits per heavy atom. The lowest BCUT2D eigenvalue weighted by molar-refractivity contribution is 0.173. The molecule has 0 unspecified atom stereocenters. The molecule has 12 heavy (non-hydrogen) atoms. The first-order chi connectivity index (χ1) is 5.77. The molecule has 0 fully saturated rings. The monoisotopic (exact) mass is 166 g/mol. The number of methoxy groups -OCH3 is 1. The van der Waals surface area contributed by atoms with Crippen LogP contribution in [0.25, 0.3) is 0 Å². The third kappa shape index (κ3) is 1.98. The smallest absolute Gasteiger partial charge is 0.119 e. The van der Waals surface area contributed by atoms with Crippen LogP contribution in [-0.2, 0) is 0 Å². The minimum Gasteiger partial charge on any atom is -0.497 e. The van der Waals surface area contributed by atoms with Crippen molar-refractivity contribution in [3.8, 4) is 5.75 Å². The Balaban J connectivity index is 2.86. The van der Waals surface area contributed by atoms with Crippen molar-refractivity contribution >= 4 is 0 Å². The van der Waals surface area contributed by atoms with E-state index >= 15 is 0 Å². The van der Waals surface area contributed by atoms with Crippen molar-refractivity contribution in [1.82, 2.24) is 0 Å². The summed E-state index contributed by atoms with van der Waals surface area (Å²) < 4.78 is 5.04. The van der Waals surface area contributed by atoms with E-state index < -0.39 is 0 Å². The molecule has 0 amide bonds. The molecule has 2 nitrogen and oxygen atoms in total. The molecule has 0 saturated carbocycles. The number of benzene rings is 1. The number of hydrogen-bond acceptors (Lipinski definition) is 2. The van der Waals surface area contributed by atoms with Gasteiger partial charge in [-0.1, -0.05) is 19.1 Å². The van der Waals surface area contributed by atoms with Gasteiger partial charge in [0.25, 0.3) is 0 Å². The molecule has 1 aromatic rings. The summed E-state index contributed by atoms with van der Waals surface area (Å²) in [7, 11) is 1.62. The van der Waals surface area contributed by atoms with E-state index in [2.05, 4.69) is 0 Å². The van der Waals surface area contributed by atoms with E-state index in [-0.39, 0.29) is 6.10 Å². The second-order valence-electron chi connectivity index (χ2n) is 2.70. The molecule has 0 aromatic heterocycles. The first kappa shape index (κ1) is 9.07. The molecule has 0 saturated heterocycles. The van der Waals surface area contributed by atoms with Gasteiger partial charge in [0.15, 0.2) is 0 Å². The van der Waals surface area contributed by atoms with Crippen molar-refractivity contribution in [2.24, 2.45) is 0 Å². The van der Waals surface area contributed by atoms with Gasteiger partial charge < -0.3 is 9.84 Å². The molecule has 0 aliphatic rings. The predicted molar refractivity (Wildman–Crippen MR) is 48.2 cm³/mol. The van der Waals surface area contributed by atoms with Crippen molar-refractivity contribution in [1.29, 1.82) is 0 Å². The zero-order valence-corrected chi connectivity index (χ0v) is 7.45. The van der Waals surface area contributed by atoms with Gasteiger partial charge in [0.1, 0.15) is 5.75 Å². The fourth-order valence-electron chi connectivity index (χ4n) is 1.08. The van der Waals surface area contributed by atoms with Crippen molar-refractivity contribution in [2.75, 3.05) is 7.11 Å². The summed E-state index contributed by atoms with van der Waals surface area (Å²) in [4.78, 5) is 0. The Morgan fingerprint density at radius 1 is 1.50 bits per heavy atom. The molecule has 2 heteroatoms. The fourth-order valence-corrected chi connectivity index (χ4v) is 1.08. The largest absolute Gasteiger partial charge is 0.497 e. The molecule has 0 radical (unpaired) electrons. The lowest BCUT2D eigenvalue weighted by Gasteiger charge is -2.08. The molecular weight excluding hydrogens is 152 g/mol. The summed E-state index contributed by atoms with van der Waals surface area (Å²) in [6.45, 7) is 1.95. The van der Waals surface area contributed by atoms with Gasteiger partial charge in [-0.25, -0.2) is 0 Å². The normalized spacial score (nSPS) is 12.6. The number of aliphatic hydroxyl groups excluding tert-OH is 1. The molecule has 0 aliphatic carbocycles. The summed E-state index contributed by atoms with van der Waals surface area (Å²) >= 11 is 0. The van der Waals surface area contributed by atoms with Crippen molar-refractivity contribution in [2.45, 2.75) is 19.4 Å². The SMILES string of the molecule is CC[C@H](O)c1cccc(OC)c1. The average Bonchev–Trinajstić information content (AvgIpc) is 2.17. The first-order valence-corrected chi connectivity index (χ1v) is 4.10. The summed E-state index contributed by atoms with van der Waals surface area (Å²) in [5.74, 6) is 0.792. The molecule has 0 aliphatic heterocycles. The Morgan fingerprint density at radius 3 is 2.83 bits per heavy atom. The number of hydrogen-bond donors (Lipinski definition) is 1. The highest BCUT2D eigenvalue weighted by Gasteiger charge is 2.04. The van der Waals surface area contributed by atoms with Crippen LogP contribution in [0.15, 0.2) is 24.3 Å². The Labute approximate surface area is 72.8 Å². The van der Waals surface area contributed by atoms with Crippen LogP contribution in [0.5, 0.6) is 5.75 Å². The van der Waals surface area contributed by atoms with Crippen LogP contribution < -0.4 is 4.74 Å². The predicted octanol–water partition coefficient (Wildman–Crippen LogP) is 2.14. The minimum atomic E-state index is -0.375. The van der Waals surface area contributed by atoms with Crippen molar-refractivity contribution in [3.63, 3.8) is 0 Å². The van der Waals surface area contributed by atoms with Gasteiger partial charge in [0.05, 0.1) is 13.2 Å². The van der Waals surface area contributed by atoms with E-state index in [1.54, 1.807) is 7.11 Å². The zero-order chi connectivity index (χ0) is 8.97. The number of rotatable bonds is 3. The van der Waals surface area contributed by atoms with Crippen LogP contribution in [0.2, 0.25) is 0 Å². The van der Waals surface area contributed by atoms with E-state index in [1.165, 1.54) is 0 Å². The van der Waals surface area contributed by atoms with E-state index in [0.29, 0.717) is 0 Å². The maximum Gasteiger partial charge on any atom is 0.119 e. The maximum absolute atomic E-state index is 9.49. The summed E-state index contributed by atoms with van der Waals surface area (Å²) in [6.07, 6.45) is 0.354. The third-order valence-electron chi connectivity index (χ3n) is 1.87. The molecule has 0 heterocycles. The summed E-state index contributed by atoms with van der Waals surface area (Å²) in [5, 5.41) is 9.49. The molecule has 0 spiro atoms. The van der Waals surface area contributed by atoms with Gasteiger partial charge in [-0.05, 0) is 24.1 Å². The number of ether oxygens (including phenoxy) is 1. The summed E-state index contributed by atoms with van der Waals surface area (Å²) in [6, 6.07) is 7.50. The third-order valence-corrected chi connectivity index (χ3v) is 1.87. The van der Waals surface area contributed by atoms with Gasteiger partial charge in [-0.15, -0.1) is 0 Å². The lowest BCUT2D eigenvalue weighted by Crippen LogP contribution is -1.95. The van der Waals surface area contributed by atoms with Crippen LogP contribution in [0.1, 0.15) is 25.0 Å². The van der Waals surface area contributed by atoms with Gasteiger partial charge in [-0.3, -0.25) is 0 Å². The zero-order valence-electron chi connectivity index (χ0n) is 7.45. The maximum atomic E-state index is 9.49. The molecule has 0 bridgehead atoms. The Bertz CT molecular complexity index is 245. The highest BCUT2D eigenvalue weighted by atomic mass is 16.5. The van der Waals surface area contributed by atoms with Crippen LogP contribution in [0.3, 0.4) is 0 Å². The first-order valence-electron chi connectivity index (χ1n) is 4.10. The van der Waals surface area contributed by atoms with Crippen molar-refractivity contribution < 1.29 is 9.84 Å². The molecule has 1 rings (SSSR count). The van der Waals surface area contributed by atoms with Gasteiger partial charge >= 0.3 is 0 Å². The second kappa shape index (κ2) is 4.12. The molecule has 1 aromatic carbocycles. The van der Waals surface area contributed by atoms with Gasteiger partial charge in [-0.2, -0.15) is 0 Å². The topological polar surface area (TPSA) is 29.5 Å². The minimum absolute atomic E-state index is 0.375. The molecule has 66 valence electrons. The van der Waals surface area contributed by atoms with E-state index in [4.69, 9.17) is 4.74 Å². The molecule has 1 N–H and O–H groups in total. The van der Waals surface area contributed by atoms with Gasteiger partial charge in [0.2, 0.25) is 0 Å². The summed E-state index contributed by atoms with van der Waals surface area (Å²) in [5.41, 5.74) is 0.914. The van der Waals surface area contributed by atoms with E-state index in [9.17, 15) is 5.11 Å². The highest BCUT2D eigenvalue weighted by molar-refractivity contribution is 5.29. The van der Waals surface area contributed by atoms with E-state index in [1.807, 2.05) is 31.2 Å². The van der Waals surface area contributed by atoms with Crippen LogP contribution >= 0.6 is 0 Å². The molecule has 1 atom stereocenters. The average molecular weight is 166 g/mol. The van der Waals surface area contributed by atoms with Crippen LogP contribution in [0, 0.1) is 0 Å². The number of aliphatic hydroxyl groups is 1. The van der Waals surface area contributed by atoms with Crippen molar-refractivity contribution in [3.05, 3.63) is 29.8 Å². The second-order valence-corrected chi connectivity index (χ2v) is 2.70. The highest BCUT2D eigenvalue weighted by Crippen LogP contribution is 2.20. The standard InChI is InChI=1S/C10H14O2/c1-3-10(11)8-5-4-6-9(7-8)12-2/h4-7,10-11H,3H2,1-2H3/t10-/m0/s1. The van der Waals surface area contributed by atoms with Crippen LogP contribution in [0.4, 0.5) is 0 Å². The van der Waals surface area contributed by atoms with Crippen LogP contribution in [-0.4, -0.2) is 12.2 Å². The quantitative estimate of drug-likeness (QED) is 0.745. The Kier molecular flexibility index (Phi) is 3.11. The van der Waals surface area contributed by atoms with Gasteiger partial charge in [0, 0.05) is 0 Å².